The van der Waals surface area contributed by atoms with Crippen molar-refractivity contribution in [2.24, 2.45) is 0 Å². The minimum absolute atomic E-state index is 0.862. The molecule has 1 nitrogen and oxygen atoms in total. The van der Waals surface area contributed by atoms with Crippen LogP contribution in [-0.4, -0.2) is 4.98 Å². The summed E-state index contributed by atoms with van der Waals surface area (Å²) >= 11 is 8.60. The number of benzene rings is 1. The van der Waals surface area contributed by atoms with Gasteiger partial charge in [-0.15, -0.1) is 11.3 Å². The molecule has 0 aliphatic rings. The van der Waals surface area contributed by atoms with Crippen molar-refractivity contribution in [3.8, 4) is 0 Å². The number of hydrogen-bond acceptors (Lipinski definition) is 2. The normalized spacial score (nSPS) is 10.8. The van der Waals surface area contributed by atoms with Gasteiger partial charge in [-0.2, -0.15) is 0 Å². The van der Waals surface area contributed by atoms with Crippen LogP contribution in [0.3, 0.4) is 0 Å². The van der Waals surface area contributed by atoms with Crippen LogP contribution in [0, 0.1) is 0 Å². The Bertz CT molecular complexity index is 410. The van der Waals surface area contributed by atoms with Crippen LogP contribution in [0.25, 0.3) is 10.2 Å². The Hall–Kier alpha value is 0.0700. The number of aromatic nitrogens is 1. The molecule has 0 aliphatic heterocycles. The van der Waals surface area contributed by atoms with E-state index in [-0.39, 0.29) is 0 Å². The molecule has 0 bridgehead atoms. The number of alkyl halides is 1. The third-order valence-electron chi connectivity index (χ3n) is 1.66. The van der Waals surface area contributed by atoms with E-state index in [1.54, 1.807) is 11.3 Å². The fourth-order valence-corrected chi connectivity index (χ4v) is 2.87. The van der Waals surface area contributed by atoms with E-state index < -0.39 is 0 Å². The van der Waals surface area contributed by atoms with Gasteiger partial charge < -0.3 is 0 Å². The maximum absolute atomic E-state index is 4.31. The first kappa shape index (κ1) is 8.66. The predicted octanol–water partition coefficient (Wildman–Crippen LogP) is 3.95. The summed E-state index contributed by atoms with van der Waals surface area (Å²) in [4.78, 5) is 4.31. The highest BCUT2D eigenvalue weighted by molar-refractivity contribution is 9.10. The minimum Gasteiger partial charge on any atom is -0.244 e. The van der Waals surface area contributed by atoms with E-state index in [4.69, 9.17) is 0 Å². The maximum atomic E-state index is 4.31. The molecule has 0 N–H and O–H groups in total. The van der Waals surface area contributed by atoms with Crippen molar-refractivity contribution < 1.29 is 0 Å². The van der Waals surface area contributed by atoms with E-state index in [0.29, 0.717) is 0 Å². The largest absolute Gasteiger partial charge is 0.244 e. The zero-order valence-electron chi connectivity index (χ0n) is 6.05. The van der Waals surface area contributed by atoms with Crippen molar-refractivity contribution in [1.29, 1.82) is 0 Å². The Morgan fingerprint density at radius 2 is 2.25 bits per heavy atom. The molecule has 0 fully saturated rings. The Balaban J connectivity index is 2.82. The van der Waals surface area contributed by atoms with Crippen molar-refractivity contribution in [3.05, 3.63) is 27.7 Å². The first-order valence-electron chi connectivity index (χ1n) is 3.39. The van der Waals surface area contributed by atoms with Crippen LogP contribution in [0.1, 0.15) is 5.56 Å². The van der Waals surface area contributed by atoms with E-state index >= 15 is 0 Å². The SMILES string of the molecule is BrCc1ccc(Br)c2scnc12. The molecule has 1 aromatic heterocycles. The predicted molar refractivity (Wildman–Crippen MR) is 60.0 cm³/mol. The highest BCUT2D eigenvalue weighted by Gasteiger charge is 2.05. The average molecular weight is 307 g/mol. The molecule has 0 atom stereocenters. The van der Waals surface area contributed by atoms with Gasteiger partial charge in [0.2, 0.25) is 0 Å². The lowest BCUT2D eigenvalue weighted by molar-refractivity contribution is 1.40. The molecule has 0 aliphatic carbocycles. The molecule has 0 amide bonds. The molecule has 1 heterocycles. The second kappa shape index (κ2) is 3.44. The van der Waals surface area contributed by atoms with Gasteiger partial charge in [0.05, 0.1) is 15.7 Å². The van der Waals surface area contributed by atoms with E-state index in [1.165, 1.54) is 10.3 Å². The number of rotatable bonds is 1. The van der Waals surface area contributed by atoms with Gasteiger partial charge in [0.25, 0.3) is 0 Å². The Kier molecular flexibility index (Phi) is 2.48. The summed E-state index contributed by atoms with van der Waals surface area (Å²) in [5, 5.41) is 0.862. The van der Waals surface area contributed by atoms with Crippen LogP contribution < -0.4 is 0 Å². The molecule has 2 aromatic rings. The van der Waals surface area contributed by atoms with Crippen LogP contribution in [0.2, 0.25) is 0 Å². The summed E-state index contributed by atoms with van der Waals surface area (Å²) in [6.45, 7) is 0. The monoisotopic (exact) mass is 305 g/mol. The molecule has 0 saturated carbocycles. The van der Waals surface area contributed by atoms with Gasteiger partial charge in [-0.05, 0) is 27.6 Å². The van der Waals surface area contributed by atoms with Gasteiger partial charge in [0, 0.05) is 9.80 Å². The van der Waals surface area contributed by atoms with Crippen molar-refractivity contribution in [1.82, 2.24) is 4.98 Å². The summed E-state index contributed by atoms with van der Waals surface area (Å²) < 4.78 is 2.36. The Morgan fingerprint density at radius 1 is 1.42 bits per heavy atom. The lowest BCUT2D eigenvalue weighted by Gasteiger charge is -1.97. The summed E-state index contributed by atoms with van der Waals surface area (Å²) in [6, 6.07) is 4.15. The molecule has 0 radical (unpaired) electrons. The van der Waals surface area contributed by atoms with Gasteiger partial charge in [0.15, 0.2) is 0 Å². The Morgan fingerprint density at radius 3 is 3.00 bits per heavy atom. The first-order chi connectivity index (χ1) is 5.83. The van der Waals surface area contributed by atoms with Crippen LogP contribution in [0.4, 0.5) is 0 Å². The average Bonchev–Trinajstić information content (AvgIpc) is 2.54. The van der Waals surface area contributed by atoms with Gasteiger partial charge in [-0.25, -0.2) is 4.98 Å². The molecule has 2 rings (SSSR count). The quantitative estimate of drug-likeness (QED) is 0.727. The molecule has 1 aromatic carbocycles. The second-order valence-electron chi connectivity index (χ2n) is 2.37. The topological polar surface area (TPSA) is 12.9 Å². The first-order valence-corrected chi connectivity index (χ1v) is 6.19. The lowest BCUT2D eigenvalue weighted by atomic mass is 10.2. The molecule has 62 valence electrons. The second-order valence-corrected chi connectivity index (χ2v) is 4.64. The standard InChI is InChI=1S/C8H5Br2NS/c9-3-5-1-2-6(10)8-7(5)11-4-12-8/h1-2,4H,3H2. The van der Waals surface area contributed by atoms with Crippen LogP contribution >= 0.6 is 43.2 Å². The lowest BCUT2D eigenvalue weighted by Crippen LogP contribution is -1.80. The van der Waals surface area contributed by atoms with Gasteiger partial charge in [-0.1, -0.05) is 22.0 Å². The number of thiazole rings is 1. The third kappa shape index (κ3) is 1.32. The highest BCUT2D eigenvalue weighted by atomic mass is 79.9. The zero-order chi connectivity index (χ0) is 8.55. The highest BCUT2D eigenvalue weighted by Crippen LogP contribution is 2.30. The van der Waals surface area contributed by atoms with Crippen molar-refractivity contribution in [2.45, 2.75) is 5.33 Å². The zero-order valence-corrected chi connectivity index (χ0v) is 10.0. The molecular weight excluding hydrogens is 302 g/mol. The fraction of sp³-hybridized carbons (Fsp3) is 0.125. The van der Waals surface area contributed by atoms with Crippen molar-refractivity contribution in [2.75, 3.05) is 0 Å². The van der Waals surface area contributed by atoms with E-state index in [0.717, 1.165) is 15.3 Å². The number of nitrogens with zero attached hydrogens (tertiary/aromatic N) is 1. The Labute approximate surface area is 91.1 Å². The minimum atomic E-state index is 0.862. The third-order valence-corrected chi connectivity index (χ3v) is 4.05. The van der Waals surface area contributed by atoms with Crippen LogP contribution in [0.5, 0.6) is 0 Å². The summed E-state index contributed by atoms with van der Waals surface area (Å²) in [5.41, 5.74) is 4.22. The molecule has 4 heteroatoms. The van der Waals surface area contributed by atoms with E-state index in [1.807, 2.05) is 5.51 Å². The van der Waals surface area contributed by atoms with E-state index in [9.17, 15) is 0 Å². The molecule has 0 spiro atoms. The fourth-order valence-electron chi connectivity index (χ4n) is 1.08. The molecule has 0 saturated heterocycles. The van der Waals surface area contributed by atoms with Crippen LogP contribution in [-0.2, 0) is 5.33 Å². The number of halogens is 2. The number of fused-ring (bicyclic) bond motifs is 1. The molecule has 12 heavy (non-hydrogen) atoms. The van der Waals surface area contributed by atoms with Crippen LogP contribution in [0.15, 0.2) is 22.1 Å². The van der Waals surface area contributed by atoms with Crippen molar-refractivity contribution >= 4 is 53.4 Å². The van der Waals surface area contributed by atoms with Gasteiger partial charge >= 0.3 is 0 Å². The molecule has 0 unspecified atom stereocenters. The maximum Gasteiger partial charge on any atom is 0.0863 e. The van der Waals surface area contributed by atoms with Crippen molar-refractivity contribution in [3.63, 3.8) is 0 Å². The van der Waals surface area contributed by atoms with E-state index in [2.05, 4.69) is 49.0 Å². The number of hydrogen-bond donors (Lipinski definition) is 0. The summed E-state index contributed by atoms with van der Waals surface area (Å²) in [5.74, 6) is 0. The van der Waals surface area contributed by atoms with Gasteiger partial charge in [-0.3, -0.25) is 0 Å². The molecular formula is C8H5Br2NS. The van der Waals surface area contributed by atoms with Gasteiger partial charge in [0.1, 0.15) is 0 Å². The summed E-state index contributed by atoms with van der Waals surface area (Å²) in [7, 11) is 0. The summed E-state index contributed by atoms with van der Waals surface area (Å²) in [6.07, 6.45) is 0. The smallest absolute Gasteiger partial charge is 0.0863 e.